The molecule has 0 aliphatic carbocycles. The second-order valence-electron chi connectivity index (χ2n) is 4.02. The summed E-state index contributed by atoms with van der Waals surface area (Å²) >= 11 is 0. The van der Waals surface area contributed by atoms with E-state index in [1.54, 1.807) is 19.2 Å². The highest BCUT2D eigenvalue weighted by Crippen LogP contribution is 2.37. The van der Waals surface area contributed by atoms with E-state index in [2.05, 4.69) is 5.32 Å². The van der Waals surface area contributed by atoms with Crippen molar-refractivity contribution in [3.05, 3.63) is 23.8 Å². The molecule has 1 unspecified atom stereocenters. The van der Waals surface area contributed by atoms with E-state index in [0.29, 0.717) is 29.8 Å². The van der Waals surface area contributed by atoms with Crippen LogP contribution in [0.5, 0.6) is 5.75 Å². The number of hydrogen-bond acceptors (Lipinski definition) is 4. The minimum atomic E-state index is -3.24. The molecule has 0 saturated carbocycles. The van der Waals surface area contributed by atoms with E-state index in [4.69, 9.17) is 0 Å². The summed E-state index contributed by atoms with van der Waals surface area (Å²) in [5, 5.41) is 12.2. The minimum Gasteiger partial charge on any atom is -0.508 e. The highest BCUT2D eigenvalue weighted by atomic mass is 32.2. The van der Waals surface area contributed by atoms with E-state index in [0.717, 1.165) is 0 Å². The first-order valence-electron chi connectivity index (χ1n) is 5.26. The average Bonchev–Trinajstić information content (AvgIpc) is 2.50. The second kappa shape index (κ2) is 4.07. The third kappa shape index (κ3) is 1.70. The molecule has 0 saturated heterocycles. The summed E-state index contributed by atoms with van der Waals surface area (Å²) in [6, 6.07) is 4.69. The Bertz CT molecular complexity index is 496. The van der Waals surface area contributed by atoms with Crippen molar-refractivity contribution >= 4 is 9.84 Å². The first kappa shape index (κ1) is 11.4. The zero-order valence-electron chi connectivity index (χ0n) is 9.10. The lowest BCUT2D eigenvalue weighted by molar-refractivity contribution is 0.466. The van der Waals surface area contributed by atoms with Gasteiger partial charge in [-0.05, 0) is 38.6 Å². The van der Waals surface area contributed by atoms with Crippen molar-refractivity contribution in [2.75, 3.05) is 13.6 Å². The SMILES string of the molecule is CNCCC1Cc2c(O)cccc2S1(=O)=O. The maximum atomic E-state index is 12.1. The molecule has 1 aromatic carbocycles. The molecule has 4 nitrogen and oxygen atoms in total. The number of fused-ring (bicyclic) bond motifs is 1. The zero-order valence-corrected chi connectivity index (χ0v) is 9.92. The molecule has 88 valence electrons. The molecule has 0 aromatic heterocycles. The highest BCUT2D eigenvalue weighted by Gasteiger charge is 2.37. The Balaban J connectivity index is 2.38. The number of benzene rings is 1. The Hall–Kier alpha value is -1.07. The van der Waals surface area contributed by atoms with Crippen LogP contribution in [0.2, 0.25) is 0 Å². The number of phenols is 1. The van der Waals surface area contributed by atoms with Gasteiger partial charge in [-0.15, -0.1) is 0 Å². The van der Waals surface area contributed by atoms with Crippen LogP contribution < -0.4 is 5.32 Å². The van der Waals surface area contributed by atoms with Crippen molar-refractivity contribution in [1.29, 1.82) is 0 Å². The number of hydrogen-bond donors (Lipinski definition) is 2. The summed E-state index contributed by atoms with van der Waals surface area (Å²) in [4.78, 5) is 0.300. The average molecular weight is 241 g/mol. The minimum absolute atomic E-state index is 0.0908. The number of phenolic OH excluding ortho intramolecular Hbond substituents is 1. The fourth-order valence-corrected chi connectivity index (χ4v) is 4.08. The maximum Gasteiger partial charge on any atom is 0.182 e. The van der Waals surface area contributed by atoms with Crippen LogP contribution in [0, 0.1) is 0 Å². The van der Waals surface area contributed by atoms with Gasteiger partial charge >= 0.3 is 0 Å². The molecule has 1 aliphatic heterocycles. The first-order chi connectivity index (χ1) is 7.57. The lowest BCUT2D eigenvalue weighted by Crippen LogP contribution is -2.22. The molecule has 0 bridgehead atoms. The number of nitrogens with one attached hydrogen (secondary N) is 1. The van der Waals surface area contributed by atoms with Crippen LogP contribution in [0.25, 0.3) is 0 Å². The van der Waals surface area contributed by atoms with Crippen LogP contribution in [0.15, 0.2) is 23.1 Å². The Morgan fingerprint density at radius 2 is 2.25 bits per heavy atom. The molecule has 1 aromatic rings. The summed E-state index contributed by atoms with van der Waals surface area (Å²) < 4.78 is 24.2. The molecular weight excluding hydrogens is 226 g/mol. The third-order valence-electron chi connectivity index (χ3n) is 3.00. The van der Waals surface area contributed by atoms with Crippen molar-refractivity contribution in [1.82, 2.24) is 5.32 Å². The van der Waals surface area contributed by atoms with E-state index in [1.165, 1.54) is 6.07 Å². The second-order valence-corrected chi connectivity index (χ2v) is 6.21. The monoisotopic (exact) mass is 241 g/mol. The molecule has 5 heteroatoms. The molecule has 2 rings (SSSR count). The van der Waals surface area contributed by atoms with Gasteiger partial charge in [0, 0.05) is 5.56 Å². The largest absolute Gasteiger partial charge is 0.508 e. The predicted octanol–water partition coefficient (Wildman–Crippen LogP) is 0.700. The quantitative estimate of drug-likeness (QED) is 0.817. The van der Waals surface area contributed by atoms with Gasteiger partial charge in [0.15, 0.2) is 9.84 Å². The molecule has 0 fully saturated rings. The Morgan fingerprint density at radius 1 is 1.50 bits per heavy atom. The van der Waals surface area contributed by atoms with Crippen LogP contribution in [-0.4, -0.2) is 32.4 Å². The molecule has 0 amide bonds. The van der Waals surface area contributed by atoms with Gasteiger partial charge in [-0.2, -0.15) is 0 Å². The van der Waals surface area contributed by atoms with Crippen LogP contribution >= 0.6 is 0 Å². The van der Waals surface area contributed by atoms with Gasteiger partial charge in [0.05, 0.1) is 10.1 Å². The summed E-state index contributed by atoms with van der Waals surface area (Å²) in [6.07, 6.45) is 0.999. The number of sulfone groups is 1. The van der Waals surface area contributed by atoms with E-state index < -0.39 is 15.1 Å². The van der Waals surface area contributed by atoms with Crippen molar-refractivity contribution in [2.45, 2.75) is 23.0 Å². The fourth-order valence-electron chi connectivity index (χ4n) is 2.11. The van der Waals surface area contributed by atoms with Crippen LogP contribution in [0.1, 0.15) is 12.0 Å². The molecule has 1 atom stereocenters. The molecular formula is C11H15NO3S. The van der Waals surface area contributed by atoms with Crippen LogP contribution in [0.4, 0.5) is 0 Å². The van der Waals surface area contributed by atoms with Gasteiger partial charge in [0.1, 0.15) is 5.75 Å². The Labute approximate surface area is 95.2 Å². The van der Waals surface area contributed by atoms with Gasteiger partial charge < -0.3 is 10.4 Å². The molecule has 0 radical (unpaired) electrons. The molecule has 2 N–H and O–H groups in total. The van der Waals surface area contributed by atoms with E-state index >= 15 is 0 Å². The van der Waals surface area contributed by atoms with Crippen molar-refractivity contribution < 1.29 is 13.5 Å². The van der Waals surface area contributed by atoms with Gasteiger partial charge in [-0.1, -0.05) is 6.07 Å². The highest BCUT2D eigenvalue weighted by molar-refractivity contribution is 7.92. The van der Waals surface area contributed by atoms with Crippen LogP contribution in [-0.2, 0) is 16.3 Å². The predicted molar refractivity (Wildman–Crippen MR) is 61.3 cm³/mol. The van der Waals surface area contributed by atoms with Crippen LogP contribution in [0.3, 0.4) is 0 Å². The fraction of sp³-hybridized carbons (Fsp3) is 0.455. The molecule has 1 heterocycles. The lowest BCUT2D eigenvalue weighted by atomic mass is 10.1. The Morgan fingerprint density at radius 3 is 2.88 bits per heavy atom. The lowest BCUT2D eigenvalue weighted by Gasteiger charge is -2.07. The first-order valence-corrected chi connectivity index (χ1v) is 6.81. The zero-order chi connectivity index (χ0) is 11.8. The normalized spacial score (nSPS) is 21.9. The van der Waals surface area contributed by atoms with E-state index in [1.807, 2.05) is 0 Å². The van der Waals surface area contributed by atoms with Crippen molar-refractivity contribution in [3.8, 4) is 5.75 Å². The summed E-state index contributed by atoms with van der Waals surface area (Å²) in [5.74, 6) is 0.0908. The van der Waals surface area contributed by atoms with Gasteiger partial charge in [0.2, 0.25) is 0 Å². The van der Waals surface area contributed by atoms with Gasteiger partial charge in [-0.3, -0.25) is 0 Å². The molecule has 16 heavy (non-hydrogen) atoms. The third-order valence-corrected chi connectivity index (χ3v) is 5.28. The summed E-state index contributed by atoms with van der Waals surface area (Å²) in [6.45, 7) is 0.665. The Kier molecular flexibility index (Phi) is 2.90. The van der Waals surface area contributed by atoms with Gasteiger partial charge in [0.25, 0.3) is 0 Å². The topological polar surface area (TPSA) is 66.4 Å². The smallest absolute Gasteiger partial charge is 0.182 e. The van der Waals surface area contributed by atoms with Crippen molar-refractivity contribution in [3.63, 3.8) is 0 Å². The van der Waals surface area contributed by atoms with Crippen molar-refractivity contribution in [2.24, 2.45) is 0 Å². The number of aromatic hydroxyl groups is 1. The number of rotatable bonds is 3. The van der Waals surface area contributed by atoms with E-state index in [9.17, 15) is 13.5 Å². The van der Waals surface area contributed by atoms with Gasteiger partial charge in [-0.25, -0.2) is 8.42 Å². The van der Waals surface area contributed by atoms with E-state index in [-0.39, 0.29) is 5.75 Å². The molecule has 1 aliphatic rings. The standard InChI is InChI=1S/C11H15NO3S/c1-12-6-5-8-7-9-10(13)3-2-4-11(9)16(8,14)15/h2-4,8,12-13H,5-7H2,1H3. The summed E-state index contributed by atoms with van der Waals surface area (Å²) in [5.41, 5.74) is 0.573. The summed E-state index contributed by atoms with van der Waals surface area (Å²) in [7, 11) is -1.44. The maximum absolute atomic E-state index is 12.1. The molecule has 0 spiro atoms.